The van der Waals surface area contributed by atoms with Crippen molar-refractivity contribution in [3.8, 4) is 0 Å². The summed E-state index contributed by atoms with van der Waals surface area (Å²) in [6.45, 7) is 1.95. The predicted octanol–water partition coefficient (Wildman–Crippen LogP) is 2.61. The number of rotatable bonds is 6. The minimum absolute atomic E-state index is 0.129. The highest BCUT2D eigenvalue weighted by Gasteiger charge is 2.10. The number of halogens is 1. The molecule has 1 heterocycles. The number of para-hydroxylation sites is 2. The molecular formula is C20H19BrN4O3. The van der Waals surface area contributed by atoms with Crippen LogP contribution in [0.1, 0.15) is 12.0 Å². The topological polar surface area (TPSA) is 93.1 Å². The molecule has 0 aliphatic carbocycles. The maximum atomic E-state index is 12.2. The number of amides is 2. The second-order valence-corrected chi connectivity index (χ2v) is 7.19. The van der Waals surface area contributed by atoms with Gasteiger partial charge in [0.05, 0.1) is 17.2 Å². The van der Waals surface area contributed by atoms with Crippen LogP contribution in [0.5, 0.6) is 0 Å². The van der Waals surface area contributed by atoms with E-state index in [9.17, 15) is 14.4 Å². The fraction of sp³-hybridized carbons (Fsp3) is 0.200. The molecule has 2 amide bonds. The van der Waals surface area contributed by atoms with Gasteiger partial charge in [0, 0.05) is 23.1 Å². The van der Waals surface area contributed by atoms with E-state index >= 15 is 0 Å². The number of hydrogen-bond donors (Lipinski definition) is 2. The molecule has 144 valence electrons. The summed E-state index contributed by atoms with van der Waals surface area (Å²) in [5, 5.41) is 5.50. The van der Waals surface area contributed by atoms with E-state index in [2.05, 4.69) is 31.5 Å². The standard InChI is InChI=1S/C20H19BrN4O3/c1-13-6-7-14(21)10-16(13)24-18(26)8-9-22-19(27)12-25-17-5-3-2-4-15(17)23-11-20(25)28/h2-7,10-11H,8-9,12H2,1H3,(H,22,27)(H,24,26). The molecule has 3 aromatic rings. The minimum Gasteiger partial charge on any atom is -0.354 e. The van der Waals surface area contributed by atoms with Crippen LogP contribution >= 0.6 is 15.9 Å². The lowest BCUT2D eigenvalue weighted by atomic mass is 10.2. The molecule has 0 aliphatic rings. The van der Waals surface area contributed by atoms with Crippen LogP contribution in [0.15, 0.2) is 57.9 Å². The van der Waals surface area contributed by atoms with Crippen molar-refractivity contribution in [1.82, 2.24) is 14.9 Å². The largest absolute Gasteiger partial charge is 0.354 e. The molecule has 0 radical (unpaired) electrons. The van der Waals surface area contributed by atoms with Crippen molar-refractivity contribution in [3.63, 3.8) is 0 Å². The van der Waals surface area contributed by atoms with Gasteiger partial charge in [-0.1, -0.05) is 34.1 Å². The van der Waals surface area contributed by atoms with Crippen LogP contribution in [0, 0.1) is 6.92 Å². The van der Waals surface area contributed by atoms with Crippen LogP contribution in [0.25, 0.3) is 11.0 Å². The molecule has 0 unspecified atom stereocenters. The quantitative estimate of drug-likeness (QED) is 0.613. The summed E-state index contributed by atoms with van der Waals surface area (Å²) >= 11 is 3.37. The predicted molar refractivity (Wildman–Crippen MR) is 111 cm³/mol. The molecule has 8 heteroatoms. The van der Waals surface area contributed by atoms with Crippen LogP contribution in [0.4, 0.5) is 5.69 Å². The van der Waals surface area contributed by atoms with Crippen LogP contribution in [-0.4, -0.2) is 27.9 Å². The highest BCUT2D eigenvalue weighted by Crippen LogP contribution is 2.20. The average Bonchev–Trinajstić information content (AvgIpc) is 2.67. The van der Waals surface area contributed by atoms with Gasteiger partial charge in [-0.15, -0.1) is 0 Å². The zero-order valence-electron chi connectivity index (χ0n) is 15.2. The Morgan fingerprint density at radius 1 is 1.14 bits per heavy atom. The lowest BCUT2D eigenvalue weighted by Gasteiger charge is -2.11. The Kier molecular flexibility index (Phi) is 6.20. The number of anilines is 1. The monoisotopic (exact) mass is 442 g/mol. The highest BCUT2D eigenvalue weighted by atomic mass is 79.9. The molecule has 7 nitrogen and oxygen atoms in total. The second-order valence-electron chi connectivity index (χ2n) is 6.28. The third-order valence-corrected chi connectivity index (χ3v) is 4.70. The van der Waals surface area contributed by atoms with Gasteiger partial charge in [-0.3, -0.25) is 19.0 Å². The van der Waals surface area contributed by atoms with E-state index in [1.165, 1.54) is 10.8 Å². The fourth-order valence-electron chi connectivity index (χ4n) is 2.73. The smallest absolute Gasteiger partial charge is 0.269 e. The Bertz CT molecular complexity index is 1090. The molecule has 3 rings (SSSR count). The molecule has 0 aliphatic heterocycles. The van der Waals surface area contributed by atoms with Crippen LogP contribution in [0.3, 0.4) is 0 Å². The molecule has 0 spiro atoms. The summed E-state index contributed by atoms with van der Waals surface area (Å²) in [6, 6.07) is 12.7. The van der Waals surface area contributed by atoms with Gasteiger partial charge in [-0.05, 0) is 36.8 Å². The third kappa shape index (κ3) is 4.83. The van der Waals surface area contributed by atoms with E-state index in [0.29, 0.717) is 11.0 Å². The summed E-state index contributed by atoms with van der Waals surface area (Å²) < 4.78 is 2.24. The summed E-state index contributed by atoms with van der Waals surface area (Å²) in [5.41, 5.74) is 2.55. The van der Waals surface area contributed by atoms with Gasteiger partial charge in [0.1, 0.15) is 6.54 Å². The van der Waals surface area contributed by atoms with Gasteiger partial charge in [0.2, 0.25) is 11.8 Å². The van der Waals surface area contributed by atoms with E-state index in [1.54, 1.807) is 18.2 Å². The van der Waals surface area contributed by atoms with Crippen LogP contribution in [-0.2, 0) is 16.1 Å². The summed E-state index contributed by atoms with van der Waals surface area (Å²) in [7, 11) is 0. The molecule has 0 saturated carbocycles. The van der Waals surface area contributed by atoms with Crippen molar-refractivity contribution < 1.29 is 9.59 Å². The first-order valence-corrected chi connectivity index (χ1v) is 9.50. The Balaban J connectivity index is 1.55. The van der Waals surface area contributed by atoms with Crippen molar-refractivity contribution >= 4 is 44.5 Å². The van der Waals surface area contributed by atoms with Gasteiger partial charge in [-0.2, -0.15) is 0 Å². The number of nitrogens with one attached hydrogen (secondary N) is 2. The van der Waals surface area contributed by atoms with E-state index in [-0.39, 0.29) is 36.9 Å². The Morgan fingerprint density at radius 2 is 1.93 bits per heavy atom. The molecule has 0 bridgehead atoms. The number of carbonyl (C=O) groups is 2. The molecule has 0 atom stereocenters. The maximum absolute atomic E-state index is 12.2. The maximum Gasteiger partial charge on any atom is 0.269 e. The second kappa shape index (κ2) is 8.79. The Labute approximate surface area is 169 Å². The summed E-state index contributed by atoms with van der Waals surface area (Å²) in [6.07, 6.45) is 1.33. The van der Waals surface area contributed by atoms with E-state index in [1.807, 2.05) is 31.2 Å². The third-order valence-electron chi connectivity index (χ3n) is 4.20. The number of nitrogens with zero attached hydrogens (tertiary/aromatic N) is 2. The first-order valence-electron chi connectivity index (χ1n) is 8.71. The van der Waals surface area contributed by atoms with Gasteiger partial charge in [0.15, 0.2) is 0 Å². The Hall–Kier alpha value is -3.00. The fourth-order valence-corrected chi connectivity index (χ4v) is 3.10. The molecular weight excluding hydrogens is 424 g/mol. The molecule has 0 saturated heterocycles. The van der Waals surface area contributed by atoms with Crippen molar-refractivity contribution in [1.29, 1.82) is 0 Å². The number of aryl methyl sites for hydroxylation is 1. The van der Waals surface area contributed by atoms with Crippen LogP contribution < -0.4 is 16.2 Å². The molecule has 0 fully saturated rings. The van der Waals surface area contributed by atoms with Crippen LogP contribution in [0.2, 0.25) is 0 Å². The first kappa shape index (κ1) is 19.8. The summed E-state index contributed by atoms with van der Waals surface area (Å²) in [4.78, 5) is 40.5. The number of hydrogen-bond acceptors (Lipinski definition) is 4. The van der Waals surface area contributed by atoms with E-state index < -0.39 is 0 Å². The SMILES string of the molecule is Cc1ccc(Br)cc1NC(=O)CCNC(=O)Cn1c(=O)cnc2ccccc21. The average molecular weight is 443 g/mol. The van der Waals surface area contributed by atoms with Gasteiger partial charge < -0.3 is 10.6 Å². The number of carbonyl (C=O) groups excluding carboxylic acids is 2. The molecule has 2 N–H and O–H groups in total. The first-order chi connectivity index (χ1) is 13.4. The Morgan fingerprint density at radius 3 is 2.75 bits per heavy atom. The van der Waals surface area contributed by atoms with Crippen molar-refractivity contribution in [2.45, 2.75) is 19.9 Å². The van der Waals surface area contributed by atoms with Gasteiger partial charge >= 0.3 is 0 Å². The van der Waals surface area contributed by atoms with E-state index in [4.69, 9.17) is 0 Å². The minimum atomic E-state index is -0.350. The number of fused-ring (bicyclic) bond motifs is 1. The van der Waals surface area contributed by atoms with Crippen molar-refractivity contribution in [3.05, 3.63) is 69.1 Å². The van der Waals surface area contributed by atoms with Gasteiger partial charge in [0.25, 0.3) is 5.56 Å². The van der Waals surface area contributed by atoms with Crippen molar-refractivity contribution in [2.24, 2.45) is 0 Å². The lowest BCUT2D eigenvalue weighted by Crippen LogP contribution is -2.34. The number of benzene rings is 2. The molecule has 28 heavy (non-hydrogen) atoms. The normalized spacial score (nSPS) is 10.6. The number of aromatic nitrogens is 2. The van der Waals surface area contributed by atoms with E-state index in [0.717, 1.165) is 15.7 Å². The molecule has 2 aromatic carbocycles. The van der Waals surface area contributed by atoms with Crippen molar-refractivity contribution in [2.75, 3.05) is 11.9 Å². The highest BCUT2D eigenvalue weighted by molar-refractivity contribution is 9.10. The zero-order chi connectivity index (χ0) is 20.1. The lowest BCUT2D eigenvalue weighted by molar-refractivity contribution is -0.121. The summed E-state index contributed by atoms with van der Waals surface area (Å²) in [5.74, 6) is -0.544. The zero-order valence-corrected chi connectivity index (χ0v) is 16.8. The van der Waals surface area contributed by atoms with Gasteiger partial charge in [-0.25, -0.2) is 4.98 Å². The molecule has 1 aromatic heterocycles.